The van der Waals surface area contributed by atoms with Crippen molar-refractivity contribution < 1.29 is 38.1 Å². The molecule has 14 heteroatoms. The molecule has 13 nitrogen and oxygen atoms in total. The molecule has 0 radical (unpaired) electrons. The van der Waals surface area contributed by atoms with Crippen LogP contribution in [0.15, 0.2) is 0 Å². The first-order valence-electron chi connectivity index (χ1n) is 17.0. The van der Waals surface area contributed by atoms with Gasteiger partial charge in [0.25, 0.3) is 0 Å². The Balaban J connectivity index is 1.24. The van der Waals surface area contributed by atoms with E-state index in [2.05, 4.69) is 26.6 Å². The predicted octanol–water partition coefficient (Wildman–Crippen LogP) is 2.27. The molecule has 0 aromatic rings. The second-order valence-electron chi connectivity index (χ2n) is 12.6. The molecule has 0 spiro atoms. The number of amides is 5. The predicted molar refractivity (Wildman–Crippen MR) is 179 cm³/mol. The number of carbonyl (C=O) groups excluding carboxylic acids is 4. The van der Waals surface area contributed by atoms with Crippen molar-refractivity contribution in [3.63, 3.8) is 0 Å². The number of ether oxygens (including phenoxy) is 4. The molecule has 0 aromatic carbocycles. The average Bonchev–Trinajstić information content (AvgIpc) is 3.55. The number of thioether (sulfide) groups is 1. The highest BCUT2D eigenvalue weighted by Gasteiger charge is 2.42. The topological polar surface area (TPSA) is 165 Å². The van der Waals surface area contributed by atoms with Gasteiger partial charge in [0.2, 0.25) is 17.7 Å². The summed E-state index contributed by atoms with van der Waals surface area (Å²) >= 11 is 1.90. The summed E-state index contributed by atoms with van der Waals surface area (Å²) < 4.78 is 22.2. The zero-order chi connectivity index (χ0) is 33.5. The van der Waals surface area contributed by atoms with Crippen LogP contribution >= 0.6 is 11.8 Å². The van der Waals surface area contributed by atoms with E-state index in [0.29, 0.717) is 103 Å². The molecule has 2 rings (SSSR count). The Morgan fingerprint density at radius 1 is 0.696 bits per heavy atom. The SMILES string of the molecule is CC(C)(C)OCCCNC(=O)CCCC(=O)NCCCOCCOCCOCCCNC(=O)CCCC[C@@H]1SCC2NC(=O)N[C@@H]21. The van der Waals surface area contributed by atoms with Crippen molar-refractivity contribution in [1.82, 2.24) is 26.6 Å². The summed E-state index contributed by atoms with van der Waals surface area (Å²) in [6.45, 7) is 11.3. The van der Waals surface area contributed by atoms with Crippen LogP contribution in [0, 0.1) is 0 Å². The van der Waals surface area contributed by atoms with Gasteiger partial charge in [0.05, 0.1) is 44.1 Å². The summed E-state index contributed by atoms with van der Waals surface area (Å²) in [5, 5.41) is 15.1. The molecule has 5 amide bonds. The number of nitrogens with one attached hydrogen (secondary N) is 5. The Bertz CT molecular complexity index is 891. The summed E-state index contributed by atoms with van der Waals surface area (Å²) in [7, 11) is 0. The van der Waals surface area contributed by atoms with E-state index in [9.17, 15) is 19.2 Å². The van der Waals surface area contributed by atoms with Gasteiger partial charge >= 0.3 is 6.03 Å². The fourth-order valence-corrected chi connectivity index (χ4v) is 6.52. The third-order valence-corrected chi connectivity index (χ3v) is 8.89. The van der Waals surface area contributed by atoms with Crippen LogP contribution in [0.25, 0.3) is 0 Å². The fraction of sp³-hybridized carbons (Fsp3) is 0.875. The maximum Gasteiger partial charge on any atom is 0.315 e. The standard InChI is InChI=1S/C32H59N5O8S/c1-32(2,3)45-19-9-16-35-29(40)13-6-12-28(39)34-15-8-18-43-21-23-44-22-20-42-17-7-14-33-27(38)11-5-4-10-26-30-25(24-46-26)36-31(41)37-30/h25-26,30H,4-24H2,1-3H3,(H,33,38)(H,34,39)(H,35,40)(H2,36,37,41)/t25?,26-,30-/m0/s1. The van der Waals surface area contributed by atoms with E-state index >= 15 is 0 Å². The van der Waals surface area contributed by atoms with E-state index in [1.54, 1.807) is 0 Å². The van der Waals surface area contributed by atoms with E-state index in [1.807, 2.05) is 32.5 Å². The number of carbonyl (C=O) groups is 4. The van der Waals surface area contributed by atoms with Crippen LogP contribution < -0.4 is 26.6 Å². The summed E-state index contributed by atoms with van der Waals surface area (Å²) in [5.74, 6) is 0.940. The Morgan fingerprint density at radius 3 is 1.74 bits per heavy atom. The zero-order valence-corrected chi connectivity index (χ0v) is 29.1. The zero-order valence-electron chi connectivity index (χ0n) is 28.3. The monoisotopic (exact) mass is 673 g/mol. The molecule has 0 aromatic heterocycles. The smallest absolute Gasteiger partial charge is 0.315 e. The van der Waals surface area contributed by atoms with Crippen LogP contribution in [-0.2, 0) is 33.3 Å². The van der Waals surface area contributed by atoms with Crippen LogP contribution in [0.3, 0.4) is 0 Å². The highest BCUT2D eigenvalue weighted by atomic mass is 32.2. The molecule has 266 valence electrons. The lowest BCUT2D eigenvalue weighted by Gasteiger charge is -2.19. The highest BCUT2D eigenvalue weighted by Crippen LogP contribution is 2.33. The molecule has 46 heavy (non-hydrogen) atoms. The Kier molecular flexibility index (Phi) is 21.0. The molecule has 2 heterocycles. The largest absolute Gasteiger partial charge is 0.379 e. The summed E-state index contributed by atoms with van der Waals surface area (Å²) in [4.78, 5) is 47.3. The van der Waals surface area contributed by atoms with Gasteiger partial charge in [-0.1, -0.05) is 6.42 Å². The van der Waals surface area contributed by atoms with Crippen LogP contribution in [-0.4, -0.2) is 118 Å². The number of hydrogen-bond acceptors (Lipinski definition) is 9. The van der Waals surface area contributed by atoms with Crippen molar-refractivity contribution in [3.05, 3.63) is 0 Å². The van der Waals surface area contributed by atoms with E-state index in [-0.39, 0.29) is 41.4 Å². The van der Waals surface area contributed by atoms with Crippen LogP contribution in [0.5, 0.6) is 0 Å². The summed E-state index contributed by atoms with van der Waals surface area (Å²) in [5.41, 5.74) is -0.169. The molecular formula is C32H59N5O8S. The van der Waals surface area contributed by atoms with Gasteiger partial charge < -0.3 is 45.5 Å². The van der Waals surface area contributed by atoms with Crippen molar-refractivity contribution in [2.24, 2.45) is 0 Å². The minimum absolute atomic E-state index is 0.0392. The summed E-state index contributed by atoms with van der Waals surface area (Å²) in [6, 6.07) is 0.414. The van der Waals surface area contributed by atoms with Gasteiger partial charge in [-0.25, -0.2) is 4.79 Å². The maximum atomic E-state index is 12.0. The minimum Gasteiger partial charge on any atom is -0.379 e. The lowest BCUT2D eigenvalue weighted by molar-refractivity contribution is -0.123. The quantitative estimate of drug-likeness (QED) is 0.0650. The highest BCUT2D eigenvalue weighted by molar-refractivity contribution is 8.00. The third kappa shape index (κ3) is 20.2. The molecular weight excluding hydrogens is 614 g/mol. The molecule has 0 saturated carbocycles. The first kappa shape index (κ1) is 40.0. The lowest BCUT2D eigenvalue weighted by atomic mass is 10.0. The number of urea groups is 1. The molecule has 5 N–H and O–H groups in total. The van der Waals surface area contributed by atoms with Gasteiger partial charge in [-0.2, -0.15) is 11.8 Å². The molecule has 0 bridgehead atoms. The third-order valence-electron chi connectivity index (χ3n) is 7.39. The minimum atomic E-state index is -0.169. The van der Waals surface area contributed by atoms with Crippen molar-refractivity contribution in [1.29, 1.82) is 0 Å². The van der Waals surface area contributed by atoms with E-state index < -0.39 is 0 Å². The van der Waals surface area contributed by atoms with Gasteiger partial charge in [-0.15, -0.1) is 0 Å². The van der Waals surface area contributed by atoms with Crippen molar-refractivity contribution in [2.45, 2.75) is 108 Å². The number of rotatable bonds is 27. The number of fused-ring (bicyclic) bond motifs is 1. The fourth-order valence-electron chi connectivity index (χ4n) is 4.97. The van der Waals surface area contributed by atoms with Crippen LogP contribution in [0.2, 0.25) is 0 Å². The van der Waals surface area contributed by atoms with Crippen molar-refractivity contribution in [3.8, 4) is 0 Å². The molecule has 1 unspecified atom stereocenters. The van der Waals surface area contributed by atoms with Gasteiger partial charge in [0.15, 0.2) is 0 Å². The van der Waals surface area contributed by atoms with Crippen LogP contribution in [0.1, 0.15) is 85.0 Å². The Hall–Kier alpha value is -2.13. The van der Waals surface area contributed by atoms with Crippen molar-refractivity contribution >= 4 is 35.5 Å². The van der Waals surface area contributed by atoms with E-state index in [1.165, 1.54) is 0 Å². The Labute approximate surface area is 279 Å². The molecule has 0 aliphatic carbocycles. The molecule has 2 aliphatic rings. The summed E-state index contributed by atoms with van der Waals surface area (Å²) in [6.07, 6.45) is 6.80. The number of hydrogen-bond donors (Lipinski definition) is 5. The van der Waals surface area contributed by atoms with Crippen molar-refractivity contribution in [2.75, 3.05) is 71.6 Å². The second-order valence-corrected chi connectivity index (χ2v) is 13.9. The first-order valence-corrected chi connectivity index (χ1v) is 18.0. The maximum absolute atomic E-state index is 12.0. The Morgan fingerprint density at radius 2 is 1.20 bits per heavy atom. The molecule has 3 atom stereocenters. The normalized spacial score (nSPS) is 18.9. The van der Waals surface area contributed by atoms with Crippen LogP contribution in [0.4, 0.5) is 4.79 Å². The van der Waals surface area contributed by atoms with Gasteiger partial charge in [-0.3, -0.25) is 14.4 Å². The van der Waals surface area contributed by atoms with E-state index in [4.69, 9.17) is 18.9 Å². The number of unbranched alkanes of at least 4 members (excludes halogenated alkanes) is 1. The lowest BCUT2D eigenvalue weighted by Crippen LogP contribution is -2.36. The van der Waals surface area contributed by atoms with Gasteiger partial charge in [0, 0.05) is 69.7 Å². The van der Waals surface area contributed by atoms with E-state index in [0.717, 1.165) is 37.9 Å². The first-order chi connectivity index (χ1) is 22.1. The van der Waals surface area contributed by atoms with Gasteiger partial charge in [0.1, 0.15) is 0 Å². The molecule has 2 fully saturated rings. The molecule has 2 aliphatic heterocycles. The molecule has 2 saturated heterocycles. The average molecular weight is 674 g/mol. The van der Waals surface area contributed by atoms with Gasteiger partial charge in [-0.05, 0) is 59.3 Å². The second kappa shape index (κ2) is 24.1.